The maximum absolute atomic E-state index is 4.66. The number of anilines is 2. The van der Waals surface area contributed by atoms with E-state index in [9.17, 15) is 0 Å². The normalized spacial score (nSPS) is 14.4. The number of nitrogens with zero attached hydrogens (tertiary/aromatic N) is 4. The zero-order chi connectivity index (χ0) is 18.8. The Labute approximate surface area is 165 Å². The summed E-state index contributed by atoms with van der Waals surface area (Å²) in [5, 5.41) is 11.6. The van der Waals surface area contributed by atoms with E-state index >= 15 is 0 Å². The van der Waals surface area contributed by atoms with Crippen molar-refractivity contribution in [3.8, 4) is 11.3 Å². The summed E-state index contributed by atoms with van der Waals surface area (Å²) >= 11 is 0. The summed E-state index contributed by atoms with van der Waals surface area (Å²) in [6, 6.07) is 29.4. The van der Waals surface area contributed by atoms with Crippen LogP contribution in [0.3, 0.4) is 0 Å². The van der Waals surface area contributed by atoms with Crippen LogP contribution >= 0.6 is 0 Å². The average molecular weight is 366 g/mol. The van der Waals surface area contributed by atoms with Gasteiger partial charge >= 0.3 is 0 Å². The molecule has 0 spiro atoms. The molecule has 0 aliphatic carbocycles. The molecule has 138 valence electrons. The maximum atomic E-state index is 4.66. The van der Waals surface area contributed by atoms with Crippen LogP contribution in [0.15, 0.2) is 84.9 Å². The number of aromatic nitrogens is 2. The van der Waals surface area contributed by atoms with Crippen molar-refractivity contribution in [2.75, 3.05) is 36.0 Å². The van der Waals surface area contributed by atoms with Crippen LogP contribution in [0.4, 0.5) is 11.5 Å². The summed E-state index contributed by atoms with van der Waals surface area (Å²) in [4.78, 5) is 4.80. The van der Waals surface area contributed by atoms with Crippen molar-refractivity contribution in [2.45, 2.75) is 0 Å². The Hall–Kier alpha value is -3.40. The molecular weight excluding hydrogens is 344 g/mol. The van der Waals surface area contributed by atoms with Gasteiger partial charge in [-0.15, -0.1) is 10.2 Å². The van der Waals surface area contributed by atoms with Gasteiger partial charge in [-0.2, -0.15) is 0 Å². The number of fused-ring (bicyclic) bond motifs is 1. The number of hydrogen-bond donors (Lipinski definition) is 0. The fourth-order valence-corrected chi connectivity index (χ4v) is 3.95. The van der Waals surface area contributed by atoms with E-state index in [1.54, 1.807) is 0 Å². The predicted octanol–water partition coefficient (Wildman–Crippen LogP) is 4.62. The van der Waals surface area contributed by atoms with Crippen LogP contribution in [-0.4, -0.2) is 36.4 Å². The Balaban J connectivity index is 1.46. The molecule has 1 aliphatic heterocycles. The second kappa shape index (κ2) is 7.31. The summed E-state index contributed by atoms with van der Waals surface area (Å²) in [6.45, 7) is 3.86. The van der Waals surface area contributed by atoms with Crippen LogP contribution < -0.4 is 9.80 Å². The van der Waals surface area contributed by atoms with Crippen molar-refractivity contribution in [3.63, 3.8) is 0 Å². The van der Waals surface area contributed by atoms with Gasteiger partial charge in [0.25, 0.3) is 0 Å². The first-order valence-electron chi connectivity index (χ1n) is 9.76. The zero-order valence-electron chi connectivity index (χ0n) is 15.7. The highest BCUT2D eigenvalue weighted by atomic mass is 15.3. The van der Waals surface area contributed by atoms with Crippen molar-refractivity contribution >= 4 is 22.3 Å². The van der Waals surface area contributed by atoms with Gasteiger partial charge in [0.15, 0.2) is 5.82 Å². The van der Waals surface area contributed by atoms with Crippen LogP contribution in [0.25, 0.3) is 22.0 Å². The minimum Gasteiger partial charge on any atom is -0.368 e. The summed E-state index contributed by atoms with van der Waals surface area (Å²) < 4.78 is 0. The molecule has 28 heavy (non-hydrogen) atoms. The second-order valence-electron chi connectivity index (χ2n) is 7.09. The predicted molar refractivity (Wildman–Crippen MR) is 116 cm³/mol. The van der Waals surface area contributed by atoms with E-state index in [-0.39, 0.29) is 0 Å². The fourth-order valence-electron chi connectivity index (χ4n) is 3.95. The Bertz CT molecular complexity index is 1070. The van der Waals surface area contributed by atoms with Gasteiger partial charge in [-0.3, -0.25) is 0 Å². The highest BCUT2D eigenvalue weighted by molar-refractivity contribution is 6.00. The zero-order valence-corrected chi connectivity index (χ0v) is 15.7. The largest absolute Gasteiger partial charge is 0.368 e. The monoisotopic (exact) mass is 366 g/mol. The molecule has 0 radical (unpaired) electrons. The van der Waals surface area contributed by atoms with E-state index in [1.165, 1.54) is 11.1 Å². The van der Waals surface area contributed by atoms with Gasteiger partial charge in [0.05, 0.1) is 0 Å². The van der Waals surface area contributed by atoms with Gasteiger partial charge in [-0.25, -0.2) is 0 Å². The lowest BCUT2D eigenvalue weighted by Crippen LogP contribution is -2.47. The Kier molecular flexibility index (Phi) is 4.37. The van der Waals surface area contributed by atoms with E-state index < -0.39 is 0 Å². The lowest BCUT2D eigenvalue weighted by atomic mass is 10.0. The molecule has 0 unspecified atom stereocenters. The van der Waals surface area contributed by atoms with Crippen LogP contribution in [0.5, 0.6) is 0 Å². The molecule has 0 N–H and O–H groups in total. The Morgan fingerprint density at radius 2 is 1.11 bits per heavy atom. The number of rotatable bonds is 3. The average Bonchev–Trinajstić information content (AvgIpc) is 2.80. The molecule has 3 aromatic carbocycles. The molecule has 1 aromatic heterocycles. The van der Waals surface area contributed by atoms with Crippen LogP contribution in [0, 0.1) is 0 Å². The van der Waals surface area contributed by atoms with Crippen LogP contribution in [0.1, 0.15) is 0 Å². The maximum Gasteiger partial charge on any atom is 0.159 e. The van der Waals surface area contributed by atoms with E-state index in [1.807, 2.05) is 18.2 Å². The van der Waals surface area contributed by atoms with E-state index in [0.29, 0.717) is 0 Å². The molecule has 4 heteroatoms. The summed E-state index contributed by atoms with van der Waals surface area (Å²) in [6.07, 6.45) is 0. The molecule has 1 aliphatic rings. The second-order valence-corrected chi connectivity index (χ2v) is 7.09. The van der Waals surface area contributed by atoms with Crippen molar-refractivity contribution < 1.29 is 0 Å². The molecule has 4 nitrogen and oxygen atoms in total. The Morgan fingerprint density at radius 3 is 1.82 bits per heavy atom. The SMILES string of the molecule is c1ccc(-c2nnc(N3CCN(c4ccccc4)CC3)c3ccccc23)cc1. The fraction of sp³-hybridized carbons (Fsp3) is 0.167. The number of para-hydroxylation sites is 1. The molecule has 0 saturated carbocycles. The van der Waals surface area contributed by atoms with Crippen LogP contribution in [0.2, 0.25) is 0 Å². The van der Waals surface area contributed by atoms with Gasteiger partial charge in [0.1, 0.15) is 5.69 Å². The molecular formula is C24H22N4. The third-order valence-corrected chi connectivity index (χ3v) is 5.42. The van der Waals surface area contributed by atoms with Crippen molar-refractivity contribution in [2.24, 2.45) is 0 Å². The number of hydrogen-bond acceptors (Lipinski definition) is 4. The van der Waals surface area contributed by atoms with Crippen LogP contribution in [-0.2, 0) is 0 Å². The van der Waals surface area contributed by atoms with Gasteiger partial charge < -0.3 is 9.80 Å². The van der Waals surface area contributed by atoms with Gasteiger partial charge in [0.2, 0.25) is 0 Å². The highest BCUT2D eigenvalue weighted by Crippen LogP contribution is 2.31. The lowest BCUT2D eigenvalue weighted by molar-refractivity contribution is 0.646. The molecule has 0 amide bonds. The number of piperazine rings is 1. The first-order valence-corrected chi connectivity index (χ1v) is 9.76. The summed E-state index contributed by atoms with van der Waals surface area (Å²) in [5.74, 6) is 0.989. The molecule has 1 fully saturated rings. The van der Waals surface area contributed by atoms with Crippen molar-refractivity contribution in [1.82, 2.24) is 10.2 Å². The summed E-state index contributed by atoms with van der Waals surface area (Å²) in [7, 11) is 0. The topological polar surface area (TPSA) is 32.3 Å². The molecule has 5 rings (SSSR count). The van der Waals surface area contributed by atoms with Gasteiger partial charge in [-0.1, -0.05) is 72.8 Å². The first-order chi connectivity index (χ1) is 13.9. The van der Waals surface area contributed by atoms with Gasteiger partial charge in [-0.05, 0) is 12.1 Å². The van der Waals surface area contributed by atoms with Crippen molar-refractivity contribution in [3.05, 3.63) is 84.9 Å². The third-order valence-electron chi connectivity index (χ3n) is 5.42. The third kappa shape index (κ3) is 3.07. The molecule has 0 atom stereocenters. The minimum absolute atomic E-state index is 0.943. The molecule has 4 aromatic rings. The summed E-state index contributed by atoms with van der Waals surface area (Å²) in [5.41, 5.74) is 3.34. The smallest absolute Gasteiger partial charge is 0.159 e. The first kappa shape index (κ1) is 16.8. The number of benzene rings is 3. The van der Waals surface area contributed by atoms with Crippen molar-refractivity contribution in [1.29, 1.82) is 0 Å². The van der Waals surface area contributed by atoms with E-state index in [2.05, 4.69) is 86.7 Å². The highest BCUT2D eigenvalue weighted by Gasteiger charge is 2.21. The van der Waals surface area contributed by atoms with Gasteiger partial charge in [0, 0.05) is 48.2 Å². The minimum atomic E-state index is 0.943. The molecule has 1 saturated heterocycles. The standard InChI is InChI=1S/C24H22N4/c1-3-9-19(10-4-1)23-21-13-7-8-14-22(21)24(26-25-23)28-17-15-27(16-18-28)20-11-5-2-6-12-20/h1-14H,15-18H2. The quantitative estimate of drug-likeness (QED) is 0.529. The van der Waals surface area contributed by atoms with E-state index in [4.69, 9.17) is 0 Å². The lowest BCUT2D eigenvalue weighted by Gasteiger charge is -2.37. The Morgan fingerprint density at radius 1 is 0.536 bits per heavy atom. The van der Waals surface area contributed by atoms with E-state index in [0.717, 1.165) is 48.6 Å². The molecule has 0 bridgehead atoms. The molecule has 2 heterocycles.